The SMILES string of the molecule is Cc1cccc2cc(S(=O)(=O)N3CCN(Cc4ncc[nH]4)CC3)sc12. The number of aryl methyl sites for hydroxylation is 1. The first kappa shape index (κ1) is 16.7. The summed E-state index contributed by atoms with van der Waals surface area (Å²) in [6.45, 7) is 5.19. The summed E-state index contributed by atoms with van der Waals surface area (Å²) in [5.74, 6) is 0.913. The number of nitrogens with one attached hydrogen (secondary N) is 1. The zero-order valence-electron chi connectivity index (χ0n) is 14.0. The van der Waals surface area contributed by atoms with Crippen molar-refractivity contribution < 1.29 is 8.42 Å². The second-order valence-electron chi connectivity index (χ2n) is 6.27. The number of aromatic nitrogens is 2. The number of H-pyrrole nitrogens is 1. The molecule has 0 aliphatic carbocycles. The van der Waals surface area contributed by atoms with Crippen molar-refractivity contribution in [3.05, 3.63) is 48.0 Å². The van der Waals surface area contributed by atoms with Gasteiger partial charge in [-0.25, -0.2) is 13.4 Å². The van der Waals surface area contributed by atoms with E-state index in [4.69, 9.17) is 0 Å². The summed E-state index contributed by atoms with van der Waals surface area (Å²) in [5.41, 5.74) is 1.12. The Morgan fingerprint density at radius 1 is 1.24 bits per heavy atom. The molecule has 1 saturated heterocycles. The minimum absolute atomic E-state index is 0.441. The van der Waals surface area contributed by atoms with E-state index in [-0.39, 0.29) is 0 Å². The zero-order valence-corrected chi connectivity index (χ0v) is 15.6. The fourth-order valence-electron chi connectivity index (χ4n) is 3.16. The number of aromatic amines is 1. The molecule has 0 unspecified atom stereocenters. The van der Waals surface area contributed by atoms with Crippen LogP contribution in [0.3, 0.4) is 0 Å². The summed E-state index contributed by atoms with van der Waals surface area (Å²) in [7, 11) is -3.42. The van der Waals surface area contributed by atoms with Gasteiger partial charge in [0.25, 0.3) is 10.0 Å². The Morgan fingerprint density at radius 3 is 2.72 bits per heavy atom. The Kier molecular flexibility index (Phi) is 4.36. The van der Waals surface area contributed by atoms with Crippen LogP contribution in [-0.4, -0.2) is 53.8 Å². The number of thiophene rings is 1. The molecule has 0 atom stereocenters. The second kappa shape index (κ2) is 6.53. The lowest BCUT2D eigenvalue weighted by Gasteiger charge is -2.33. The van der Waals surface area contributed by atoms with Crippen LogP contribution in [0.15, 0.2) is 40.9 Å². The van der Waals surface area contributed by atoms with Crippen LogP contribution in [0.1, 0.15) is 11.4 Å². The number of fused-ring (bicyclic) bond motifs is 1. The normalized spacial score (nSPS) is 17.3. The molecule has 132 valence electrons. The molecule has 1 aromatic carbocycles. The van der Waals surface area contributed by atoms with Crippen molar-refractivity contribution in [3.8, 4) is 0 Å². The molecule has 1 aliphatic rings. The summed E-state index contributed by atoms with van der Waals surface area (Å²) in [6, 6.07) is 7.76. The van der Waals surface area contributed by atoms with E-state index in [1.54, 1.807) is 22.8 Å². The lowest BCUT2D eigenvalue weighted by molar-refractivity contribution is 0.178. The van der Waals surface area contributed by atoms with Crippen molar-refractivity contribution in [1.29, 1.82) is 0 Å². The first-order chi connectivity index (χ1) is 12.0. The Morgan fingerprint density at radius 2 is 2.04 bits per heavy atom. The second-order valence-corrected chi connectivity index (χ2v) is 9.49. The van der Waals surface area contributed by atoms with E-state index in [2.05, 4.69) is 14.9 Å². The molecule has 4 rings (SSSR count). The Hall–Kier alpha value is -1.74. The van der Waals surface area contributed by atoms with Crippen LogP contribution in [-0.2, 0) is 16.6 Å². The van der Waals surface area contributed by atoms with Crippen LogP contribution in [0, 0.1) is 6.92 Å². The minimum Gasteiger partial charge on any atom is -0.348 e. The Labute approximate surface area is 151 Å². The summed E-state index contributed by atoms with van der Waals surface area (Å²) < 4.78 is 29.1. The molecular weight excluding hydrogens is 356 g/mol. The predicted octanol–water partition coefficient (Wildman–Crippen LogP) is 2.44. The van der Waals surface area contributed by atoms with Gasteiger partial charge in [0.05, 0.1) is 6.54 Å². The van der Waals surface area contributed by atoms with E-state index in [1.165, 1.54) is 11.3 Å². The van der Waals surface area contributed by atoms with Gasteiger partial charge < -0.3 is 4.98 Å². The molecule has 6 nitrogen and oxygen atoms in total. The quantitative estimate of drug-likeness (QED) is 0.759. The molecule has 0 amide bonds. The largest absolute Gasteiger partial charge is 0.348 e. The molecule has 1 N–H and O–H groups in total. The van der Waals surface area contributed by atoms with Crippen molar-refractivity contribution in [2.45, 2.75) is 17.7 Å². The number of nitrogens with zero attached hydrogens (tertiary/aromatic N) is 3. The molecule has 0 spiro atoms. The van der Waals surface area contributed by atoms with E-state index in [1.807, 2.05) is 25.1 Å². The zero-order chi connectivity index (χ0) is 17.4. The van der Waals surface area contributed by atoms with Crippen LogP contribution in [0.5, 0.6) is 0 Å². The average Bonchev–Trinajstić information content (AvgIpc) is 3.26. The van der Waals surface area contributed by atoms with Gasteiger partial charge in [0, 0.05) is 43.3 Å². The fraction of sp³-hybridized carbons (Fsp3) is 0.353. The predicted molar refractivity (Wildman–Crippen MR) is 99.2 cm³/mol. The highest BCUT2D eigenvalue weighted by Crippen LogP contribution is 2.33. The molecular formula is C17H20N4O2S2. The van der Waals surface area contributed by atoms with Crippen molar-refractivity contribution in [3.63, 3.8) is 0 Å². The van der Waals surface area contributed by atoms with Crippen LogP contribution >= 0.6 is 11.3 Å². The molecule has 3 aromatic rings. The molecule has 1 aliphatic heterocycles. The van der Waals surface area contributed by atoms with E-state index in [0.29, 0.717) is 30.4 Å². The average molecular weight is 377 g/mol. The highest BCUT2D eigenvalue weighted by Gasteiger charge is 2.30. The number of rotatable bonds is 4. The van der Waals surface area contributed by atoms with E-state index >= 15 is 0 Å². The number of sulfonamides is 1. The smallest absolute Gasteiger partial charge is 0.252 e. The van der Waals surface area contributed by atoms with Gasteiger partial charge in [0.15, 0.2) is 0 Å². The topological polar surface area (TPSA) is 69.3 Å². The summed E-state index contributed by atoms with van der Waals surface area (Å²) in [5, 5.41) is 1.00. The lowest BCUT2D eigenvalue weighted by Crippen LogP contribution is -2.48. The summed E-state index contributed by atoms with van der Waals surface area (Å²) in [4.78, 5) is 9.54. The van der Waals surface area contributed by atoms with E-state index in [9.17, 15) is 8.42 Å². The first-order valence-corrected chi connectivity index (χ1v) is 10.5. The van der Waals surface area contributed by atoms with Gasteiger partial charge in [0.2, 0.25) is 0 Å². The Balaban J connectivity index is 1.50. The number of benzene rings is 1. The summed E-state index contributed by atoms with van der Waals surface area (Å²) in [6.07, 6.45) is 3.54. The number of piperazine rings is 1. The third-order valence-corrected chi connectivity index (χ3v) is 8.21. The van der Waals surface area contributed by atoms with Gasteiger partial charge >= 0.3 is 0 Å². The van der Waals surface area contributed by atoms with E-state index in [0.717, 1.165) is 28.0 Å². The van der Waals surface area contributed by atoms with Gasteiger partial charge in [-0.15, -0.1) is 11.3 Å². The Bertz CT molecular complexity index is 971. The van der Waals surface area contributed by atoms with Crippen LogP contribution < -0.4 is 0 Å². The molecule has 3 heterocycles. The molecule has 0 bridgehead atoms. The van der Waals surface area contributed by atoms with Crippen molar-refractivity contribution in [1.82, 2.24) is 19.2 Å². The van der Waals surface area contributed by atoms with Gasteiger partial charge in [-0.3, -0.25) is 4.90 Å². The monoisotopic (exact) mass is 376 g/mol. The molecule has 0 saturated carbocycles. The third kappa shape index (κ3) is 3.22. The lowest BCUT2D eigenvalue weighted by atomic mass is 10.2. The standard InChI is InChI=1S/C17H20N4O2S2/c1-13-3-2-4-14-11-16(24-17(13)14)25(22,23)21-9-7-20(8-10-21)12-15-18-5-6-19-15/h2-6,11H,7-10,12H2,1H3,(H,18,19). The van der Waals surface area contributed by atoms with Crippen LogP contribution in [0.4, 0.5) is 0 Å². The molecule has 1 fully saturated rings. The molecule has 8 heteroatoms. The van der Waals surface area contributed by atoms with E-state index < -0.39 is 10.0 Å². The number of hydrogen-bond acceptors (Lipinski definition) is 5. The van der Waals surface area contributed by atoms with Gasteiger partial charge in [-0.05, 0) is 23.9 Å². The fourth-order valence-corrected chi connectivity index (χ4v) is 6.19. The highest BCUT2D eigenvalue weighted by atomic mass is 32.2. The maximum atomic E-state index is 13.0. The molecule has 0 radical (unpaired) electrons. The van der Waals surface area contributed by atoms with Crippen molar-refractivity contribution in [2.75, 3.05) is 26.2 Å². The number of hydrogen-bond donors (Lipinski definition) is 1. The minimum atomic E-state index is -3.42. The molecule has 25 heavy (non-hydrogen) atoms. The maximum absolute atomic E-state index is 13.0. The summed E-state index contributed by atoms with van der Waals surface area (Å²) >= 11 is 1.37. The van der Waals surface area contributed by atoms with Gasteiger partial charge in [-0.2, -0.15) is 4.31 Å². The third-order valence-electron chi connectivity index (χ3n) is 4.57. The first-order valence-electron chi connectivity index (χ1n) is 8.24. The van der Waals surface area contributed by atoms with Gasteiger partial charge in [-0.1, -0.05) is 18.2 Å². The van der Waals surface area contributed by atoms with Gasteiger partial charge in [0.1, 0.15) is 10.0 Å². The van der Waals surface area contributed by atoms with Crippen molar-refractivity contribution >= 4 is 31.4 Å². The van der Waals surface area contributed by atoms with Crippen LogP contribution in [0.25, 0.3) is 10.1 Å². The number of imidazole rings is 1. The van der Waals surface area contributed by atoms with Crippen LogP contribution in [0.2, 0.25) is 0 Å². The maximum Gasteiger partial charge on any atom is 0.252 e. The highest BCUT2D eigenvalue weighted by molar-refractivity contribution is 7.91. The molecule has 2 aromatic heterocycles. The van der Waals surface area contributed by atoms with Crippen molar-refractivity contribution in [2.24, 2.45) is 0 Å².